The normalized spacial score (nSPS) is 8.56. The first-order valence-electron chi connectivity index (χ1n) is 2.20. The molecule has 5 heteroatoms. The highest BCUT2D eigenvalue weighted by Gasteiger charge is 2.04. The number of carboxylic acid groups (broad SMARTS) is 1. The summed E-state index contributed by atoms with van der Waals surface area (Å²) in [4.78, 5) is 20.2. The summed E-state index contributed by atoms with van der Waals surface area (Å²) in [6, 6.07) is 0. The van der Waals surface area contributed by atoms with Crippen molar-refractivity contribution >= 4 is 23.8 Å². The lowest BCUT2D eigenvalue weighted by molar-refractivity contribution is -0.140. The molecule has 52 valence electrons. The molecule has 0 aromatic carbocycles. The molecule has 0 spiro atoms. The minimum atomic E-state index is -1.11. The molecule has 0 rings (SSSR count). The SMILES string of the molecule is CSNC(=O)CC(=O)O. The molecule has 9 heavy (non-hydrogen) atoms. The van der Waals surface area contributed by atoms with Crippen LogP contribution in [0.25, 0.3) is 0 Å². The summed E-state index contributed by atoms with van der Waals surface area (Å²) in [5.41, 5.74) is 0. The number of hydrogen-bond donors (Lipinski definition) is 2. The van der Waals surface area contributed by atoms with Crippen molar-refractivity contribution in [1.29, 1.82) is 0 Å². The molecule has 1 amide bonds. The summed E-state index contributed by atoms with van der Waals surface area (Å²) in [5, 5.41) is 8.04. The van der Waals surface area contributed by atoms with Crippen molar-refractivity contribution in [2.45, 2.75) is 6.42 Å². The van der Waals surface area contributed by atoms with Crippen LogP contribution in [0.3, 0.4) is 0 Å². The average Bonchev–Trinajstić information content (AvgIpc) is 1.63. The Hall–Kier alpha value is -0.710. The lowest BCUT2D eigenvalue weighted by Crippen LogP contribution is -2.18. The first-order chi connectivity index (χ1) is 4.16. The number of rotatable bonds is 3. The predicted molar refractivity (Wildman–Crippen MR) is 33.9 cm³/mol. The van der Waals surface area contributed by atoms with Crippen LogP contribution in [0.4, 0.5) is 0 Å². The second-order valence-electron chi connectivity index (χ2n) is 1.30. The Morgan fingerprint density at radius 2 is 2.22 bits per heavy atom. The van der Waals surface area contributed by atoms with E-state index in [2.05, 4.69) is 4.72 Å². The van der Waals surface area contributed by atoms with Crippen LogP contribution < -0.4 is 4.72 Å². The molecule has 0 fully saturated rings. The minimum absolute atomic E-state index is 0.458. The molecule has 0 aliphatic heterocycles. The Balaban J connectivity index is 3.39. The summed E-state index contributed by atoms with van der Waals surface area (Å²) >= 11 is 1.09. The Labute approximate surface area is 56.8 Å². The molecular formula is C4H7NO3S. The zero-order valence-electron chi connectivity index (χ0n) is 4.88. The molecule has 0 radical (unpaired) electrons. The fourth-order valence-electron chi connectivity index (χ4n) is 0.287. The average molecular weight is 149 g/mol. The molecule has 0 bridgehead atoms. The highest BCUT2D eigenvalue weighted by atomic mass is 32.2. The zero-order valence-corrected chi connectivity index (χ0v) is 5.70. The van der Waals surface area contributed by atoms with Gasteiger partial charge in [-0.05, 0) is 0 Å². The van der Waals surface area contributed by atoms with E-state index in [4.69, 9.17) is 5.11 Å². The van der Waals surface area contributed by atoms with Crippen molar-refractivity contribution in [3.63, 3.8) is 0 Å². The van der Waals surface area contributed by atoms with Crippen molar-refractivity contribution in [2.75, 3.05) is 6.26 Å². The van der Waals surface area contributed by atoms with Gasteiger partial charge in [0.2, 0.25) is 5.91 Å². The van der Waals surface area contributed by atoms with E-state index in [0.717, 1.165) is 11.9 Å². The van der Waals surface area contributed by atoms with Gasteiger partial charge < -0.3 is 5.11 Å². The van der Waals surface area contributed by atoms with Crippen molar-refractivity contribution in [2.24, 2.45) is 0 Å². The third-order valence-electron chi connectivity index (χ3n) is 0.528. The number of carbonyl (C=O) groups excluding carboxylic acids is 1. The van der Waals surface area contributed by atoms with Crippen LogP contribution in [0.2, 0.25) is 0 Å². The van der Waals surface area contributed by atoms with E-state index < -0.39 is 18.3 Å². The summed E-state index contributed by atoms with van der Waals surface area (Å²) in [6.45, 7) is 0. The molecule has 0 aliphatic carbocycles. The lowest BCUT2D eigenvalue weighted by atomic mass is 10.4. The number of amides is 1. The molecule has 0 aromatic rings. The maximum absolute atomic E-state index is 10.3. The molecule has 0 saturated carbocycles. The fourth-order valence-corrected chi connectivity index (χ4v) is 0.587. The quantitative estimate of drug-likeness (QED) is 0.433. The smallest absolute Gasteiger partial charge is 0.312 e. The van der Waals surface area contributed by atoms with Crippen LogP contribution in [0.15, 0.2) is 0 Å². The van der Waals surface area contributed by atoms with Gasteiger partial charge in [-0.2, -0.15) is 0 Å². The van der Waals surface area contributed by atoms with E-state index in [0.29, 0.717) is 0 Å². The summed E-state index contributed by atoms with van der Waals surface area (Å²) in [6.07, 6.45) is 1.20. The largest absolute Gasteiger partial charge is 0.481 e. The Bertz CT molecular complexity index is 125. The molecule has 0 heterocycles. The second kappa shape index (κ2) is 4.20. The van der Waals surface area contributed by atoms with Gasteiger partial charge in [0.1, 0.15) is 6.42 Å². The van der Waals surface area contributed by atoms with E-state index in [-0.39, 0.29) is 0 Å². The van der Waals surface area contributed by atoms with Crippen molar-refractivity contribution in [1.82, 2.24) is 4.72 Å². The lowest BCUT2D eigenvalue weighted by Gasteiger charge is -1.94. The molecule has 0 atom stereocenters. The first-order valence-corrected chi connectivity index (χ1v) is 3.43. The van der Waals surface area contributed by atoms with Gasteiger partial charge in [-0.15, -0.1) is 0 Å². The number of carbonyl (C=O) groups is 2. The summed E-state index contributed by atoms with van der Waals surface area (Å²) < 4.78 is 2.27. The van der Waals surface area contributed by atoms with Gasteiger partial charge in [0.05, 0.1) is 0 Å². The maximum Gasteiger partial charge on any atom is 0.312 e. The number of aliphatic carboxylic acids is 1. The highest BCUT2D eigenvalue weighted by Crippen LogP contribution is 1.85. The third-order valence-corrected chi connectivity index (χ3v) is 0.959. The van der Waals surface area contributed by atoms with E-state index in [1.54, 1.807) is 6.26 Å². The second-order valence-corrected chi connectivity index (χ2v) is 1.91. The fraction of sp³-hybridized carbons (Fsp3) is 0.500. The van der Waals surface area contributed by atoms with E-state index in [1.165, 1.54) is 0 Å². The van der Waals surface area contributed by atoms with Gasteiger partial charge in [-0.1, -0.05) is 11.9 Å². The standard InChI is InChI=1S/C4H7NO3S/c1-9-5-3(6)2-4(7)8/h2H2,1H3,(H,5,6)(H,7,8). The molecule has 4 nitrogen and oxygen atoms in total. The third kappa shape index (κ3) is 5.16. The van der Waals surface area contributed by atoms with E-state index in [9.17, 15) is 9.59 Å². The van der Waals surface area contributed by atoms with Gasteiger partial charge in [0.25, 0.3) is 0 Å². The Kier molecular flexibility index (Phi) is 3.87. The number of nitrogens with one attached hydrogen (secondary N) is 1. The van der Waals surface area contributed by atoms with Gasteiger partial charge >= 0.3 is 5.97 Å². The van der Waals surface area contributed by atoms with Gasteiger partial charge in [0, 0.05) is 6.26 Å². The van der Waals surface area contributed by atoms with Crippen molar-refractivity contribution in [3.8, 4) is 0 Å². The molecule has 0 saturated heterocycles. The van der Waals surface area contributed by atoms with Crippen LogP contribution in [-0.2, 0) is 9.59 Å². The predicted octanol–water partition coefficient (Wildman–Crippen LogP) is -0.145. The molecule has 0 unspecified atom stereocenters. The molecular weight excluding hydrogens is 142 g/mol. The van der Waals surface area contributed by atoms with E-state index >= 15 is 0 Å². The zero-order chi connectivity index (χ0) is 7.28. The summed E-state index contributed by atoms with van der Waals surface area (Å²) in [7, 11) is 0. The van der Waals surface area contributed by atoms with Gasteiger partial charge in [-0.25, -0.2) is 0 Å². The number of carboxylic acids is 1. The van der Waals surface area contributed by atoms with Crippen molar-refractivity contribution < 1.29 is 14.7 Å². The van der Waals surface area contributed by atoms with Gasteiger partial charge in [0.15, 0.2) is 0 Å². The number of hydrogen-bond acceptors (Lipinski definition) is 3. The topological polar surface area (TPSA) is 66.4 Å². The molecule has 0 aromatic heterocycles. The van der Waals surface area contributed by atoms with Crippen LogP contribution in [0.1, 0.15) is 6.42 Å². The van der Waals surface area contributed by atoms with Crippen LogP contribution in [-0.4, -0.2) is 23.2 Å². The van der Waals surface area contributed by atoms with Crippen molar-refractivity contribution in [3.05, 3.63) is 0 Å². The maximum atomic E-state index is 10.3. The van der Waals surface area contributed by atoms with E-state index in [1.807, 2.05) is 0 Å². The Morgan fingerprint density at radius 3 is 2.56 bits per heavy atom. The van der Waals surface area contributed by atoms with Crippen LogP contribution in [0, 0.1) is 0 Å². The van der Waals surface area contributed by atoms with Crippen LogP contribution in [0.5, 0.6) is 0 Å². The Morgan fingerprint density at radius 1 is 1.67 bits per heavy atom. The minimum Gasteiger partial charge on any atom is -0.481 e. The molecule has 2 N–H and O–H groups in total. The first kappa shape index (κ1) is 8.29. The molecule has 0 aliphatic rings. The highest BCUT2D eigenvalue weighted by molar-refractivity contribution is 7.97. The van der Waals surface area contributed by atoms with Crippen LogP contribution >= 0.6 is 11.9 Å². The van der Waals surface area contributed by atoms with Gasteiger partial charge in [-0.3, -0.25) is 14.3 Å². The monoisotopic (exact) mass is 149 g/mol. The summed E-state index contributed by atoms with van der Waals surface area (Å²) in [5.74, 6) is -1.59.